The van der Waals surface area contributed by atoms with Crippen LogP contribution in [0, 0.1) is 11.7 Å². The summed E-state index contributed by atoms with van der Waals surface area (Å²) < 4.78 is 13.0. The summed E-state index contributed by atoms with van der Waals surface area (Å²) in [6.45, 7) is 1.42. The summed E-state index contributed by atoms with van der Waals surface area (Å²) in [7, 11) is 0. The van der Waals surface area contributed by atoms with Gasteiger partial charge in [-0.15, -0.1) is 0 Å². The molecule has 0 amide bonds. The molecule has 0 aliphatic heterocycles. The standard InChI is InChI=1S/C17H15FO3/c1-11(17(20)21)15(12-7-9-14(18)10-8-12)16(19)13-5-3-2-4-6-13/h2-11,15H,1H3,(H,20,21)/p-1/t11-,15+/m0/s1. The van der Waals surface area contributed by atoms with Crippen LogP contribution in [-0.2, 0) is 4.79 Å². The fourth-order valence-corrected chi connectivity index (χ4v) is 2.26. The van der Waals surface area contributed by atoms with Crippen molar-refractivity contribution in [3.05, 3.63) is 71.5 Å². The maximum absolute atomic E-state index is 13.0. The van der Waals surface area contributed by atoms with Crippen LogP contribution in [-0.4, -0.2) is 11.8 Å². The number of carboxylic acids is 1. The zero-order chi connectivity index (χ0) is 15.4. The first-order chi connectivity index (χ1) is 10.0. The van der Waals surface area contributed by atoms with Gasteiger partial charge in [-0.05, 0) is 17.7 Å². The number of benzene rings is 2. The number of rotatable bonds is 5. The molecule has 0 saturated carbocycles. The number of hydrogen-bond donors (Lipinski definition) is 0. The van der Waals surface area contributed by atoms with Crippen LogP contribution in [0.2, 0.25) is 0 Å². The maximum Gasteiger partial charge on any atom is 0.170 e. The fraction of sp³-hybridized carbons (Fsp3) is 0.176. The molecule has 3 nitrogen and oxygen atoms in total. The van der Waals surface area contributed by atoms with Crippen molar-refractivity contribution < 1.29 is 19.1 Å². The molecule has 2 aromatic rings. The summed E-state index contributed by atoms with van der Waals surface area (Å²) in [6.07, 6.45) is 0. The molecule has 0 saturated heterocycles. The maximum atomic E-state index is 13.0. The van der Waals surface area contributed by atoms with Gasteiger partial charge in [0, 0.05) is 17.5 Å². The van der Waals surface area contributed by atoms with Gasteiger partial charge in [0.25, 0.3) is 0 Å². The molecule has 0 N–H and O–H groups in total. The highest BCUT2D eigenvalue weighted by molar-refractivity contribution is 6.02. The van der Waals surface area contributed by atoms with Gasteiger partial charge < -0.3 is 9.90 Å². The quantitative estimate of drug-likeness (QED) is 0.791. The van der Waals surface area contributed by atoms with Crippen molar-refractivity contribution in [3.63, 3.8) is 0 Å². The highest BCUT2D eigenvalue weighted by Gasteiger charge is 2.28. The Kier molecular flexibility index (Phi) is 4.48. The second-order valence-corrected chi connectivity index (χ2v) is 4.87. The lowest BCUT2D eigenvalue weighted by atomic mass is 9.81. The second-order valence-electron chi connectivity index (χ2n) is 4.87. The molecule has 0 heterocycles. The Hall–Kier alpha value is -2.49. The van der Waals surface area contributed by atoms with E-state index in [0.29, 0.717) is 11.1 Å². The zero-order valence-corrected chi connectivity index (χ0v) is 11.5. The molecule has 0 fully saturated rings. The predicted octanol–water partition coefficient (Wildman–Crippen LogP) is 2.18. The van der Waals surface area contributed by atoms with E-state index in [0.717, 1.165) is 0 Å². The molecule has 4 heteroatoms. The molecule has 0 unspecified atom stereocenters. The molecule has 0 aliphatic rings. The summed E-state index contributed by atoms with van der Waals surface area (Å²) in [6, 6.07) is 13.7. The van der Waals surface area contributed by atoms with Gasteiger partial charge >= 0.3 is 0 Å². The first-order valence-electron chi connectivity index (χ1n) is 6.56. The Bertz CT molecular complexity index is 635. The van der Waals surface area contributed by atoms with Gasteiger partial charge in [0.05, 0.1) is 5.92 Å². The van der Waals surface area contributed by atoms with Gasteiger partial charge in [-0.2, -0.15) is 0 Å². The molecule has 21 heavy (non-hydrogen) atoms. The van der Waals surface area contributed by atoms with E-state index in [4.69, 9.17) is 0 Å². The molecule has 0 radical (unpaired) electrons. The Balaban J connectivity index is 2.44. The first-order valence-corrected chi connectivity index (χ1v) is 6.56. The van der Waals surface area contributed by atoms with Crippen LogP contribution in [0.25, 0.3) is 0 Å². The van der Waals surface area contributed by atoms with Crippen LogP contribution in [0.15, 0.2) is 54.6 Å². The molecule has 2 aromatic carbocycles. The summed E-state index contributed by atoms with van der Waals surface area (Å²) in [4.78, 5) is 23.8. The number of carbonyl (C=O) groups is 2. The van der Waals surface area contributed by atoms with E-state index in [1.54, 1.807) is 30.3 Å². The molecule has 2 atom stereocenters. The van der Waals surface area contributed by atoms with E-state index in [1.165, 1.54) is 31.2 Å². The topological polar surface area (TPSA) is 57.2 Å². The number of halogens is 1. The first kappa shape index (κ1) is 14.9. The Morgan fingerprint density at radius 2 is 1.57 bits per heavy atom. The second kappa shape index (κ2) is 6.31. The summed E-state index contributed by atoms with van der Waals surface area (Å²) in [5.74, 6) is -3.99. The van der Waals surface area contributed by atoms with E-state index in [1.807, 2.05) is 0 Å². The van der Waals surface area contributed by atoms with Crippen LogP contribution in [0.5, 0.6) is 0 Å². The lowest BCUT2D eigenvalue weighted by molar-refractivity contribution is -0.311. The molecule has 108 valence electrons. The molecule has 0 spiro atoms. The van der Waals surface area contributed by atoms with E-state index < -0.39 is 23.6 Å². The summed E-state index contributed by atoms with van der Waals surface area (Å²) in [5.41, 5.74) is 0.877. The van der Waals surface area contributed by atoms with Crippen LogP contribution in [0.3, 0.4) is 0 Å². The van der Waals surface area contributed by atoms with E-state index in [2.05, 4.69) is 0 Å². The average Bonchev–Trinajstić information content (AvgIpc) is 2.50. The van der Waals surface area contributed by atoms with E-state index in [-0.39, 0.29) is 5.78 Å². The van der Waals surface area contributed by atoms with Crippen molar-refractivity contribution >= 4 is 11.8 Å². The van der Waals surface area contributed by atoms with Gasteiger partial charge in [-0.25, -0.2) is 4.39 Å². The largest absolute Gasteiger partial charge is 0.550 e. The van der Waals surface area contributed by atoms with Crippen molar-refractivity contribution in [1.82, 2.24) is 0 Å². The lowest BCUT2D eigenvalue weighted by Gasteiger charge is -2.24. The van der Waals surface area contributed by atoms with Gasteiger partial charge in [0.15, 0.2) is 5.78 Å². The minimum Gasteiger partial charge on any atom is -0.550 e. The van der Waals surface area contributed by atoms with Crippen molar-refractivity contribution in [2.24, 2.45) is 5.92 Å². The smallest absolute Gasteiger partial charge is 0.170 e. The van der Waals surface area contributed by atoms with Crippen LogP contribution in [0.1, 0.15) is 28.8 Å². The molecule has 0 aromatic heterocycles. The average molecular weight is 285 g/mol. The summed E-state index contributed by atoms with van der Waals surface area (Å²) in [5, 5.41) is 11.2. The highest BCUT2D eigenvalue weighted by Crippen LogP contribution is 2.28. The third kappa shape index (κ3) is 3.34. The van der Waals surface area contributed by atoms with Crippen molar-refractivity contribution in [2.45, 2.75) is 12.8 Å². The number of Topliss-reactive ketones (excluding diaryl/α,β-unsaturated/α-hetero) is 1. The Morgan fingerprint density at radius 1 is 1.00 bits per heavy atom. The normalized spacial score (nSPS) is 13.4. The molecular weight excluding hydrogens is 271 g/mol. The number of ketones is 1. The van der Waals surface area contributed by atoms with Gasteiger partial charge in [0.1, 0.15) is 5.82 Å². The molecule has 0 bridgehead atoms. The zero-order valence-electron chi connectivity index (χ0n) is 11.5. The number of carboxylic acid groups (broad SMARTS) is 1. The Morgan fingerprint density at radius 3 is 2.10 bits per heavy atom. The van der Waals surface area contributed by atoms with Gasteiger partial charge in [-0.3, -0.25) is 4.79 Å². The molecule has 2 rings (SSSR count). The third-order valence-electron chi connectivity index (χ3n) is 3.44. The fourth-order valence-electron chi connectivity index (χ4n) is 2.26. The van der Waals surface area contributed by atoms with E-state index in [9.17, 15) is 19.1 Å². The Labute approximate surface area is 122 Å². The predicted molar refractivity (Wildman–Crippen MR) is 74.1 cm³/mol. The molecular formula is C17H14FO3-. The van der Waals surface area contributed by atoms with Gasteiger partial charge in [0.2, 0.25) is 0 Å². The van der Waals surface area contributed by atoms with Crippen LogP contribution in [0.4, 0.5) is 4.39 Å². The minimum absolute atomic E-state index is 0.320. The van der Waals surface area contributed by atoms with Crippen molar-refractivity contribution in [2.75, 3.05) is 0 Å². The SMILES string of the molecule is C[C@H](C(=O)[O-])[C@@H](C(=O)c1ccccc1)c1ccc(F)cc1. The number of aliphatic carboxylic acids is 1. The van der Waals surface area contributed by atoms with Crippen molar-refractivity contribution in [1.29, 1.82) is 0 Å². The number of carbonyl (C=O) groups excluding carboxylic acids is 2. The third-order valence-corrected chi connectivity index (χ3v) is 3.44. The highest BCUT2D eigenvalue weighted by atomic mass is 19.1. The van der Waals surface area contributed by atoms with Crippen LogP contribution < -0.4 is 5.11 Å². The lowest BCUT2D eigenvalue weighted by Crippen LogP contribution is -2.36. The summed E-state index contributed by atoms with van der Waals surface area (Å²) >= 11 is 0. The van der Waals surface area contributed by atoms with Gasteiger partial charge in [-0.1, -0.05) is 49.4 Å². The monoisotopic (exact) mass is 285 g/mol. The molecule has 0 aliphatic carbocycles. The van der Waals surface area contributed by atoms with E-state index >= 15 is 0 Å². The number of hydrogen-bond acceptors (Lipinski definition) is 3. The van der Waals surface area contributed by atoms with Crippen molar-refractivity contribution in [3.8, 4) is 0 Å². The van der Waals surface area contributed by atoms with Crippen LogP contribution >= 0.6 is 0 Å². The minimum atomic E-state index is -1.31.